The van der Waals surface area contributed by atoms with Crippen LogP contribution >= 0.6 is 23.2 Å². The van der Waals surface area contributed by atoms with Crippen molar-refractivity contribution in [1.29, 1.82) is 0 Å². The van der Waals surface area contributed by atoms with E-state index in [9.17, 15) is 14.7 Å². The average Bonchev–Trinajstić information content (AvgIpc) is 2.95. The lowest BCUT2D eigenvalue weighted by Gasteiger charge is -2.25. The van der Waals surface area contributed by atoms with Crippen LogP contribution in [0.2, 0.25) is 10.0 Å². The molecule has 1 aromatic heterocycles. The van der Waals surface area contributed by atoms with E-state index in [0.29, 0.717) is 22.7 Å². The van der Waals surface area contributed by atoms with Crippen molar-refractivity contribution < 1.29 is 14.7 Å². The second kappa shape index (κ2) is 8.76. The highest BCUT2D eigenvalue weighted by molar-refractivity contribution is 6.46. The summed E-state index contributed by atoms with van der Waals surface area (Å²) in [6.45, 7) is 2.49. The number of Topliss-reactive ketones (excluding diaryl/α,β-unsaturated/α-hetero) is 1. The van der Waals surface area contributed by atoms with Gasteiger partial charge < -0.3 is 10.0 Å². The lowest BCUT2D eigenvalue weighted by Crippen LogP contribution is -2.30. The molecule has 28 heavy (non-hydrogen) atoms. The number of amides is 1. The van der Waals surface area contributed by atoms with Crippen LogP contribution < -0.4 is 0 Å². The number of aliphatic hydroxyl groups excluding tert-OH is 1. The number of carbonyl (C=O) groups excluding carboxylic acids is 2. The van der Waals surface area contributed by atoms with Crippen molar-refractivity contribution in [2.75, 3.05) is 6.54 Å². The Morgan fingerprint density at radius 1 is 1.18 bits per heavy atom. The number of aromatic nitrogens is 1. The van der Waals surface area contributed by atoms with E-state index in [0.717, 1.165) is 19.3 Å². The number of aliphatic hydroxyl groups is 1. The summed E-state index contributed by atoms with van der Waals surface area (Å²) in [6, 6.07) is 7.41. The van der Waals surface area contributed by atoms with Crippen LogP contribution in [0.15, 0.2) is 48.3 Å². The van der Waals surface area contributed by atoms with Crippen LogP contribution in [0.25, 0.3) is 5.76 Å². The number of rotatable bonds is 6. The summed E-state index contributed by atoms with van der Waals surface area (Å²) < 4.78 is 0. The number of likely N-dealkylation sites (tertiary alicyclic amines) is 1. The van der Waals surface area contributed by atoms with Crippen LogP contribution in [0.3, 0.4) is 0 Å². The molecule has 1 fully saturated rings. The number of nitrogens with zero attached hydrogens (tertiary/aromatic N) is 2. The molecule has 1 saturated heterocycles. The number of unbranched alkanes of at least 4 members (excludes halogenated alkanes) is 2. The lowest BCUT2D eigenvalue weighted by molar-refractivity contribution is -0.139. The van der Waals surface area contributed by atoms with Gasteiger partial charge in [-0.15, -0.1) is 0 Å². The third-order valence-corrected chi connectivity index (χ3v) is 5.47. The first kappa shape index (κ1) is 20.4. The molecule has 2 aromatic rings. The number of hydrogen-bond acceptors (Lipinski definition) is 4. The van der Waals surface area contributed by atoms with Crippen molar-refractivity contribution in [1.82, 2.24) is 9.88 Å². The molecule has 0 radical (unpaired) electrons. The Labute approximate surface area is 173 Å². The first-order valence-corrected chi connectivity index (χ1v) is 9.85. The molecule has 1 unspecified atom stereocenters. The van der Waals surface area contributed by atoms with Gasteiger partial charge in [0.1, 0.15) is 5.76 Å². The number of pyridine rings is 1. The molecule has 5 nitrogen and oxygen atoms in total. The number of ketones is 1. The first-order valence-electron chi connectivity index (χ1n) is 9.09. The minimum Gasteiger partial charge on any atom is -0.507 e. The summed E-state index contributed by atoms with van der Waals surface area (Å²) in [6.07, 6.45) is 5.92. The van der Waals surface area contributed by atoms with Gasteiger partial charge in [-0.25, -0.2) is 0 Å². The van der Waals surface area contributed by atoms with E-state index < -0.39 is 17.7 Å². The fourth-order valence-electron chi connectivity index (χ4n) is 3.33. The van der Waals surface area contributed by atoms with E-state index in [1.807, 2.05) is 0 Å². The van der Waals surface area contributed by atoms with Crippen molar-refractivity contribution in [3.05, 3.63) is 69.5 Å². The molecule has 0 saturated carbocycles. The van der Waals surface area contributed by atoms with E-state index >= 15 is 0 Å². The van der Waals surface area contributed by atoms with Crippen LogP contribution in [0, 0.1) is 0 Å². The number of halogens is 2. The van der Waals surface area contributed by atoms with E-state index in [1.165, 1.54) is 17.0 Å². The van der Waals surface area contributed by atoms with Crippen molar-refractivity contribution in [2.24, 2.45) is 0 Å². The summed E-state index contributed by atoms with van der Waals surface area (Å²) in [4.78, 5) is 31.1. The Kier molecular flexibility index (Phi) is 6.37. The number of carbonyl (C=O) groups is 2. The molecule has 1 aliphatic rings. The molecule has 2 heterocycles. The van der Waals surface area contributed by atoms with Gasteiger partial charge in [-0.1, -0.05) is 49.0 Å². The van der Waals surface area contributed by atoms with Crippen LogP contribution in [-0.2, 0) is 9.59 Å². The highest BCUT2D eigenvalue weighted by Gasteiger charge is 2.45. The van der Waals surface area contributed by atoms with E-state index in [1.54, 1.807) is 30.6 Å². The normalized spacial score (nSPS) is 18.7. The van der Waals surface area contributed by atoms with Crippen molar-refractivity contribution in [2.45, 2.75) is 32.2 Å². The highest BCUT2D eigenvalue weighted by atomic mass is 35.5. The van der Waals surface area contributed by atoms with Crippen molar-refractivity contribution in [3.8, 4) is 0 Å². The minimum atomic E-state index is -0.714. The third-order valence-electron chi connectivity index (χ3n) is 4.74. The average molecular weight is 419 g/mol. The maximum atomic E-state index is 12.8. The fraction of sp³-hybridized carbons (Fsp3) is 0.286. The zero-order valence-electron chi connectivity index (χ0n) is 15.4. The smallest absolute Gasteiger partial charge is 0.295 e. The molecule has 1 aromatic carbocycles. The molecule has 1 N–H and O–H groups in total. The van der Waals surface area contributed by atoms with Gasteiger partial charge in [-0.2, -0.15) is 0 Å². The number of hydrogen-bond donors (Lipinski definition) is 1. The maximum absolute atomic E-state index is 12.8. The molecule has 7 heteroatoms. The Hall–Kier alpha value is -2.37. The molecule has 1 atom stereocenters. The predicted molar refractivity (Wildman–Crippen MR) is 109 cm³/mol. The van der Waals surface area contributed by atoms with Crippen molar-refractivity contribution in [3.63, 3.8) is 0 Å². The molecule has 146 valence electrons. The second-order valence-corrected chi connectivity index (χ2v) is 7.43. The Balaban J connectivity index is 2.12. The van der Waals surface area contributed by atoms with Gasteiger partial charge in [0.2, 0.25) is 0 Å². The summed E-state index contributed by atoms with van der Waals surface area (Å²) in [7, 11) is 0. The topological polar surface area (TPSA) is 70.5 Å². The fourth-order valence-corrected chi connectivity index (χ4v) is 3.62. The Bertz CT molecular complexity index is 929. The molecule has 0 bridgehead atoms. The molecular weight excluding hydrogens is 399 g/mol. The monoisotopic (exact) mass is 418 g/mol. The second-order valence-electron chi connectivity index (χ2n) is 6.61. The highest BCUT2D eigenvalue weighted by Crippen LogP contribution is 2.39. The predicted octanol–water partition coefficient (Wildman–Crippen LogP) is 5.00. The molecule has 0 spiro atoms. The van der Waals surface area contributed by atoms with Crippen LogP contribution in [0.5, 0.6) is 0 Å². The van der Waals surface area contributed by atoms with Crippen LogP contribution in [0.4, 0.5) is 0 Å². The van der Waals surface area contributed by atoms with Gasteiger partial charge in [0.05, 0.1) is 21.7 Å². The Morgan fingerprint density at radius 3 is 2.61 bits per heavy atom. The van der Waals surface area contributed by atoms with E-state index in [4.69, 9.17) is 23.2 Å². The molecule has 1 aliphatic heterocycles. The van der Waals surface area contributed by atoms with Gasteiger partial charge in [-0.3, -0.25) is 14.6 Å². The van der Waals surface area contributed by atoms with Gasteiger partial charge in [0, 0.05) is 24.5 Å². The quantitative estimate of drug-likeness (QED) is 0.310. The minimum absolute atomic E-state index is 0.0351. The SMILES string of the molecule is CCCCCN1C(=O)C(=O)/C(=C(\O)c2ccc(Cl)c(Cl)c2)C1c1cccnc1. The van der Waals surface area contributed by atoms with Gasteiger partial charge >= 0.3 is 0 Å². The Morgan fingerprint density at radius 2 is 1.96 bits per heavy atom. The molecule has 1 amide bonds. The van der Waals surface area contributed by atoms with Gasteiger partial charge in [0.25, 0.3) is 11.7 Å². The van der Waals surface area contributed by atoms with Crippen LogP contribution in [-0.4, -0.2) is 33.2 Å². The maximum Gasteiger partial charge on any atom is 0.295 e. The van der Waals surface area contributed by atoms with Gasteiger partial charge in [-0.05, 0) is 36.2 Å². The standard InChI is InChI=1S/C21H20Cl2N2O3/c1-2-3-4-10-25-18(14-6-5-9-24-12-14)17(20(27)21(25)28)19(26)13-7-8-15(22)16(23)11-13/h5-9,11-12,18,26H,2-4,10H2,1H3/b19-17-. The number of benzene rings is 1. The molecule has 0 aliphatic carbocycles. The summed E-state index contributed by atoms with van der Waals surface area (Å²) in [5, 5.41) is 11.5. The zero-order chi connectivity index (χ0) is 20.3. The summed E-state index contributed by atoms with van der Waals surface area (Å²) in [5.41, 5.74) is 1.03. The summed E-state index contributed by atoms with van der Waals surface area (Å²) >= 11 is 12.0. The molecule has 3 rings (SSSR count). The van der Waals surface area contributed by atoms with E-state index in [2.05, 4.69) is 11.9 Å². The van der Waals surface area contributed by atoms with E-state index in [-0.39, 0.29) is 16.4 Å². The van der Waals surface area contributed by atoms with Crippen LogP contribution in [0.1, 0.15) is 43.4 Å². The van der Waals surface area contributed by atoms with Crippen molar-refractivity contribution >= 4 is 40.7 Å². The zero-order valence-corrected chi connectivity index (χ0v) is 16.9. The summed E-state index contributed by atoms with van der Waals surface area (Å²) in [5.74, 6) is -1.61. The lowest BCUT2D eigenvalue weighted by atomic mass is 9.96. The third kappa shape index (κ3) is 3.91. The first-order chi connectivity index (χ1) is 13.5. The molecular formula is C21H20Cl2N2O3. The largest absolute Gasteiger partial charge is 0.507 e. The van der Waals surface area contributed by atoms with Gasteiger partial charge in [0.15, 0.2) is 0 Å².